The number of benzene rings is 2. The first-order chi connectivity index (χ1) is 14.0. The zero-order valence-electron chi connectivity index (χ0n) is 15.6. The predicted molar refractivity (Wildman–Crippen MR) is 108 cm³/mol. The molecule has 29 heavy (non-hydrogen) atoms. The van der Waals surface area contributed by atoms with Crippen LogP contribution in [0.25, 0.3) is 0 Å². The molecule has 0 aliphatic carbocycles. The van der Waals surface area contributed by atoms with Crippen molar-refractivity contribution in [2.24, 2.45) is 5.10 Å². The number of hydrogen-bond acceptors (Lipinski definition) is 8. The second kappa shape index (κ2) is 9.11. The molecular weight excluding hydrogens is 399 g/mol. The van der Waals surface area contributed by atoms with Gasteiger partial charge in [0.2, 0.25) is 5.13 Å². The molecule has 150 valence electrons. The minimum absolute atomic E-state index is 0.0474. The molecule has 2 aromatic carbocycles. The van der Waals surface area contributed by atoms with Gasteiger partial charge in [-0.3, -0.25) is 15.5 Å². The van der Waals surface area contributed by atoms with Crippen LogP contribution in [-0.2, 0) is 6.61 Å². The Labute approximate surface area is 169 Å². The molecule has 0 amide bonds. The number of hydrazone groups is 1. The monoisotopic (exact) mass is 416 g/mol. The third-order valence-corrected chi connectivity index (χ3v) is 4.66. The zero-order valence-corrected chi connectivity index (χ0v) is 16.4. The smallest absolute Gasteiger partial charge is 0.311 e. The summed E-state index contributed by atoms with van der Waals surface area (Å²) in [6, 6.07) is 8.35. The first kappa shape index (κ1) is 20.2. The number of rotatable bonds is 8. The van der Waals surface area contributed by atoms with E-state index < -0.39 is 10.7 Å². The summed E-state index contributed by atoms with van der Waals surface area (Å²) in [4.78, 5) is 14.7. The van der Waals surface area contributed by atoms with Gasteiger partial charge in [-0.25, -0.2) is 9.37 Å². The van der Waals surface area contributed by atoms with E-state index in [1.165, 1.54) is 18.4 Å². The third kappa shape index (κ3) is 5.26. The van der Waals surface area contributed by atoms with Gasteiger partial charge >= 0.3 is 5.69 Å². The Bertz CT molecular complexity index is 1050. The highest BCUT2D eigenvalue weighted by molar-refractivity contribution is 7.13. The second-order valence-corrected chi connectivity index (χ2v) is 6.75. The van der Waals surface area contributed by atoms with Crippen molar-refractivity contribution >= 4 is 28.4 Å². The molecule has 1 N–H and O–H groups in total. The fraction of sp³-hybridized carbons (Fsp3) is 0.158. The first-order valence-corrected chi connectivity index (χ1v) is 9.29. The minimum Gasteiger partial charge on any atom is -0.496 e. The maximum atomic E-state index is 13.5. The molecule has 0 radical (unpaired) electrons. The van der Waals surface area contributed by atoms with E-state index in [1.807, 2.05) is 12.3 Å². The number of ether oxygens (including phenoxy) is 2. The fourth-order valence-corrected chi connectivity index (χ4v) is 3.11. The number of aryl methyl sites for hydroxylation is 1. The number of aromatic nitrogens is 1. The Balaban J connectivity index is 1.75. The molecule has 0 aliphatic rings. The van der Waals surface area contributed by atoms with Gasteiger partial charge in [0.15, 0.2) is 5.75 Å². The van der Waals surface area contributed by atoms with E-state index in [0.717, 1.165) is 29.5 Å². The van der Waals surface area contributed by atoms with Crippen LogP contribution in [0, 0.1) is 22.9 Å². The lowest BCUT2D eigenvalue weighted by atomic mass is 10.1. The summed E-state index contributed by atoms with van der Waals surface area (Å²) >= 11 is 1.44. The number of anilines is 1. The molecule has 3 aromatic rings. The number of nitrogens with one attached hydrogen (secondary N) is 1. The van der Waals surface area contributed by atoms with Crippen LogP contribution in [0.3, 0.4) is 0 Å². The number of hydrogen-bond donors (Lipinski definition) is 1. The molecule has 0 fully saturated rings. The van der Waals surface area contributed by atoms with Crippen LogP contribution in [-0.4, -0.2) is 23.2 Å². The Morgan fingerprint density at radius 1 is 1.31 bits per heavy atom. The molecule has 3 rings (SSSR count). The second-order valence-electron chi connectivity index (χ2n) is 5.89. The van der Waals surface area contributed by atoms with Crippen molar-refractivity contribution in [1.82, 2.24) is 4.98 Å². The number of halogens is 1. The number of nitro benzene ring substituents is 1. The molecule has 0 saturated carbocycles. The lowest BCUT2D eigenvalue weighted by Crippen LogP contribution is -2.02. The summed E-state index contributed by atoms with van der Waals surface area (Å²) in [5.74, 6) is -0.247. The molecule has 1 heterocycles. The molecule has 1 aromatic heterocycles. The largest absolute Gasteiger partial charge is 0.496 e. The lowest BCUT2D eigenvalue weighted by Gasteiger charge is -2.11. The normalized spacial score (nSPS) is 10.9. The summed E-state index contributed by atoms with van der Waals surface area (Å²) in [5, 5.41) is 17.8. The SMILES string of the molecule is COc1ccc(C=NNc2nc(C)cs2)cc1COc1cc(F)ccc1[N+](=O)[O-]. The number of methoxy groups -OCH3 is 1. The average Bonchev–Trinajstić information content (AvgIpc) is 3.11. The molecule has 10 heteroatoms. The molecule has 8 nitrogen and oxygen atoms in total. The molecule has 0 spiro atoms. The molecule has 0 saturated heterocycles. The highest BCUT2D eigenvalue weighted by atomic mass is 32.1. The van der Waals surface area contributed by atoms with Crippen molar-refractivity contribution in [3.8, 4) is 11.5 Å². The maximum Gasteiger partial charge on any atom is 0.311 e. The van der Waals surface area contributed by atoms with Crippen molar-refractivity contribution in [2.75, 3.05) is 12.5 Å². The van der Waals surface area contributed by atoms with Gasteiger partial charge in [-0.15, -0.1) is 11.3 Å². The predicted octanol–water partition coefficient (Wildman–Crippen LogP) is 4.53. The van der Waals surface area contributed by atoms with Gasteiger partial charge in [-0.1, -0.05) is 0 Å². The number of thiazole rings is 1. The van der Waals surface area contributed by atoms with E-state index in [4.69, 9.17) is 9.47 Å². The van der Waals surface area contributed by atoms with E-state index in [2.05, 4.69) is 15.5 Å². The summed E-state index contributed by atoms with van der Waals surface area (Å²) in [6.45, 7) is 1.85. The highest BCUT2D eigenvalue weighted by Crippen LogP contribution is 2.29. The van der Waals surface area contributed by atoms with Gasteiger partial charge < -0.3 is 9.47 Å². The Kier molecular flexibility index (Phi) is 6.35. The highest BCUT2D eigenvalue weighted by Gasteiger charge is 2.17. The third-order valence-electron chi connectivity index (χ3n) is 3.80. The van der Waals surface area contributed by atoms with Crippen LogP contribution in [0.5, 0.6) is 11.5 Å². The van der Waals surface area contributed by atoms with Crippen LogP contribution in [0.2, 0.25) is 0 Å². The van der Waals surface area contributed by atoms with E-state index in [1.54, 1.807) is 24.4 Å². The number of nitro groups is 1. The van der Waals surface area contributed by atoms with E-state index in [9.17, 15) is 14.5 Å². The summed E-state index contributed by atoms with van der Waals surface area (Å²) in [5.41, 5.74) is 4.81. The summed E-state index contributed by atoms with van der Waals surface area (Å²) < 4.78 is 24.3. The zero-order chi connectivity index (χ0) is 20.8. The number of nitrogens with zero attached hydrogens (tertiary/aromatic N) is 3. The van der Waals surface area contributed by atoms with Gasteiger partial charge in [-0.05, 0) is 36.8 Å². The molecule has 0 atom stereocenters. The standard InChI is InChI=1S/C19H17FN4O4S/c1-12-11-29-19(22-12)23-21-9-13-3-6-17(27-2)14(7-13)10-28-18-8-15(20)4-5-16(18)24(25)26/h3-9,11H,10H2,1-2H3,(H,22,23). The van der Waals surface area contributed by atoms with Crippen molar-refractivity contribution in [3.05, 3.63) is 74.5 Å². The Morgan fingerprint density at radius 2 is 2.14 bits per heavy atom. The summed E-state index contributed by atoms with van der Waals surface area (Å²) in [6.07, 6.45) is 1.60. The van der Waals surface area contributed by atoms with E-state index in [0.29, 0.717) is 16.4 Å². The van der Waals surface area contributed by atoms with Crippen LogP contribution in [0.15, 0.2) is 46.9 Å². The van der Waals surface area contributed by atoms with Crippen LogP contribution < -0.4 is 14.9 Å². The van der Waals surface area contributed by atoms with Gasteiger partial charge in [0, 0.05) is 23.1 Å². The van der Waals surface area contributed by atoms with Crippen molar-refractivity contribution in [1.29, 1.82) is 0 Å². The van der Waals surface area contributed by atoms with Crippen molar-refractivity contribution in [2.45, 2.75) is 13.5 Å². The molecular formula is C19H17FN4O4S. The first-order valence-electron chi connectivity index (χ1n) is 8.41. The quantitative estimate of drug-likeness (QED) is 0.329. The fourth-order valence-electron chi connectivity index (χ4n) is 2.47. The molecule has 0 unspecified atom stereocenters. The van der Waals surface area contributed by atoms with E-state index in [-0.39, 0.29) is 18.0 Å². The average molecular weight is 416 g/mol. The van der Waals surface area contributed by atoms with Gasteiger partial charge in [0.25, 0.3) is 0 Å². The van der Waals surface area contributed by atoms with Gasteiger partial charge in [0.05, 0.1) is 23.9 Å². The minimum atomic E-state index is -0.624. The maximum absolute atomic E-state index is 13.5. The van der Waals surface area contributed by atoms with Crippen LogP contribution >= 0.6 is 11.3 Å². The Hall–Kier alpha value is -3.53. The lowest BCUT2D eigenvalue weighted by molar-refractivity contribution is -0.386. The molecule has 0 aliphatic heterocycles. The topological polar surface area (TPSA) is 98.9 Å². The van der Waals surface area contributed by atoms with Crippen LogP contribution in [0.1, 0.15) is 16.8 Å². The molecule has 0 bridgehead atoms. The van der Waals surface area contributed by atoms with Gasteiger partial charge in [-0.2, -0.15) is 5.10 Å². The van der Waals surface area contributed by atoms with Crippen molar-refractivity contribution in [3.63, 3.8) is 0 Å². The van der Waals surface area contributed by atoms with Crippen molar-refractivity contribution < 1.29 is 18.8 Å². The summed E-state index contributed by atoms with van der Waals surface area (Å²) in [7, 11) is 1.50. The van der Waals surface area contributed by atoms with E-state index >= 15 is 0 Å². The Morgan fingerprint density at radius 3 is 2.83 bits per heavy atom. The van der Waals surface area contributed by atoms with Crippen LogP contribution in [0.4, 0.5) is 15.2 Å². The van der Waals surface area contributed by atoms with Gasteiger partial charge in [0.1, 0.15) is 18.2 Å².